The van der Waals surface area contributed by atoms with Gasteiger partial charge in [-0.1, -0.05) is 18.5 Å². The molecule has 2 N–H and O–H groups in total. The van der Waals surface area contributed by atoms with Crippen LogP contribution in [0, 0.1) is 5.92 Å². The Labute approximate surface area is 207 Å². The number of ether oxygens (including phenoxy) is 2. The van der Waals surface area contributed by atoms with Gasteiger partial charge in [0.25, 0.3) is 5.56 Å². The third-order valence-corrected chi connectivity index (χ3v) is 7.00. The van der Waals surface area contributed by atoms with Crippen LogP contribution in [-0.2, 0) is 23.4 Å². The number of nitrogens with zero attached hydrogens (tertiary/aromatic N) is 1. The molecule has 0 radical (unpaired) electrons. The number of hydrogen-bond acceptors (Lipinski definition) is 8. The van der Waals surface area contributed by atoms with Crippen LogP contribution < -0.4 is 20.9 Å². The van der Waals surface area contributed by atoms with Crippen LogP contribution in [0.25, 0.3) is 0 Å². The first-order valence-corrected chi connectivity index (χ1v) is 13.0. The average molecular weight is 530 g/mol. The number of benzene rings is 1. The van der Waals surface area contributed by atoms with Crippen LogP contribution in [0.3, 0.4) is 0 Å². The molecule has 35 heavy (non-hydrogen) atoms. The second-order valence-corrected chi connectivity index (χ2v) is 10.7. The van der Waals surface area contributed by atoms with E-state index >= 15 is 0 Å². The zero-order valence-corrected chi connectivity index (χ0v) is 21.5. The summed E-state index contributed by atoms with van der Waals surface area (Å²) >= 11 is 5.91. The first-order chi connectivity index (χ1) is 16.5. The minimum absolute atomic E-state index is 0.100. The lowest BCUT2D eigenvalue weighted by Crippen LogP contribution is -2.36. The maximum absolute atomic E-state index is 13.6. The first kappa shape index (κ1) is 27.2. The molecule has 4 unspecified atom stereocenters. The van der Waals surface area contributed by atoms with Gasteiger partial charge in [0, 0.05) is 23.2 Å². The summed E-state index contributed by atoms with van der Waals surface area (Å²) in [6.07, 6.45) is 0.324. The lowest BCUT2D eigenvalue weighted by atomic mass is 10.1. The maximum atomic E-state index is 13.6. The third-order valence-electron chi connectivity index (χ3n) is 5.11. The molecule has 0 saturated carbocycles. The second kappa shape index (κ2) is 11.5. The molecule has 2 heterocycles. The van der Waals surface area contributed by atoms with Crippen LogP contribution in [0.2, 0.25) is 5.02 Å². The molecule has 1 saturated heterocycles. The molecule has 1 aliphatic rings. The predicted molar refractivity (Wildman–Crippen MR) is 128 cm³/mol. The quantitative estimate of drug-likeness (QED) is 0.351. The Bertz CT molecular complexity index is 1180. The fourth-order valence-electron chi connectivity index (χ4n) is 3.52. The van der Waals surface area contributed by atoms with Crippen molar-refractivity contribution in [2.75, 3.05) is 6.61 Å². The molecule has 192 valence electrons. The zero-order chi connectivity index (χ0) is 25.8. The lowest BCUT2D eigenvalue weighted by Gasteiger charge is -2.24. The number of aromatic nitrogens is 2. The SMILES string of the molecule is CC(C)OC(=O)[C@H](C)NP(=O)(OCC1CC(C)C(n2ccc(=O)[nH]c2=O)O1)Oc1ccc(Cl)cc1. The van der Waals surface area contributed by atoms with Crippen LogP contribution in [0.15, 0.2) is 46.1 Å². The van der Waals surface area contributed by atoms with Crippen molar-refractivity contribution < 1.29 is 27.9 Å². The minimum atomic E-state index is -4.08. The standard InChI is InChI=1S/C22H29ClN3O8P/c1-13(2)32-21(28)15(4)25-35(30,34-17-7-5-16(23)6-8-17)31-12-18-11-14(3)20(33-18)26-10-9-19(27)24-22(26)29/h5-10,13-15,18,20H,11-12H2,1-4H3,(H,25,30)(H,24,27,29)/t14?,15-,18?,20?,35?/m0/s1. The molecule has 1 aliphatic heterocycles. The molecule has 1 aromatic heterocycles. The number of H-pyrrole nitrogens is 1. The molecule has 1 aromatic carbocycles. The number of aromatic amines is 1. The fourth-order valence-corrected chi connectivity index (χ4v) is 5.17. The van der Waals surface area contributed by atoms with Gasteiger partial charge in [-0.3, -0.25) is 23.7 Å². The highest BCUT2D eigenvalue weighted by Crippen LogP contribution is 2.46. The van der Waals surface area contributed by atoms with E-state index in [9.17, 15) is 18.9 Å². The van der Waals surface area contributed by atoms with Gasteiger partial charge in [-0.05, 0) is 51.5 Å². The monoisotopic (exact) mass is 529 g/mol. The van der Waals surface area contributed by atoms with E-state index in [1.807, 2.05) is 6.92 Å². The number of esters is 1. The van der Waals surface area contributed by atoms with E-state index in [0.717, 1.165) is 0 Å². The summed E-state index contributed by atoms with van der Waals surface area (Å²) in [5.74, 6) is -0.503. The van der Waals surface area contributed by atoms with Gasteiger partial charge in [-0.15, -0.1) is 0 Å². The fraction of sp³-hybridized carbons (Fsp3) is 0.500. The lowest BCUT2D eigenvalue weighted by molar-refractivity contribution is -0.149. The van der Waals surface area contributed by atoms with Gasteiger partial charge in [-0.2, -0.15) is 5.09 Å². The van der Waals surface area contributed by atoms with Crippen molar-refractivity contribution in [1.29, 1.82) is 0 Å². The molecule has 0 amide bonds. The van der Waals surface area contributed by atoms with Crippen molar-refractivity contribution in [3.8, 4) is 5.75 Å². The molecule has 1 fully saturated rings. The molecule has 11 nitrogen and oxygen atoms in total. The predicted octanol–water partition coefficient (Wildman–Crippen LogP) is 3.25. The van der Waals surface area contributed by atoms with Crippen molar-refractivity contribution in [2.45, 2.75) is 58.6 Å². The van der Waals surface area contributed by atoms with Crippen LogP contribution >= 0.6 is 19.3 Å². The van der Waals surface area contributed by atoms with Crippen LogP contribution in [0.4, 0.5) is 0 Å². The zero-order valence-electron chi connectivity index (χ0n) is 19.8. The number of hydrogen-bond donors (Lipinski definition) is 2. The molecular weight excluding hydrogens is 501 g/mol. The Hall–Kier alpha value is -2.43. The van der Waals surface area contributed by atoms with E-state index in [-0.39, 0.29) is 24.4 Å². The number of carbonyl (C=O) groups excluding carboxylic acids is 1. The smallest absolute Gasteiger partial charge is 0.459 e. The molecule has 0 aliphatic carbocycles. The second-order valence-electron chi connectivity index (χ2n) is 8.55. The largest absolute Gasteiger partial charge is 0.462 e. The minimum Gasteiger partial charge on any atom is -0.462 e. The van der Waals surface area contributed by atoms with Gasteiger partial charge >= 0.3 is 19.4 Å². The van der Waals surface area contributed by atoms with E-state index in [4.69, 9.17) is 30.1 Å². The van der Waals surface area contributed by atoms with Gasteiger partial charge in [0.05, 0.1) is 18.8 Å². The molecule has 13 heteroatoms. The normalized spacial score (nSPS) is 22.5. The summed E-state index contributed by atoms with van der Waals surface area (Å²) in [5.41, 5.74) is -1.10. The highest BCUT2D eigenvalue weighted by atomic mass is 35.5. The highest BCUT2D eigenvalue weighted by molar-refractivity contribution is 7.52. The first-order valence-electron chi connectivity index (χ1n) is 11.1. The number of halogens is 1. The molecule has 0 bridgehead atoms. The Morgan fingerprint density at radius 1 is 1.26 bits per heavy atom. The summed E-state index contributed by atoms with van der Waals surface area (Å²) in [4.78, 5) is 38.0. The molecule has 2 aromatic rings. The molecule has 3 rings (SSSR count). The van der Waals surface area contributed by atoms with Crippen molar-refractivity contribution in [3.05, 3.63) is 62.4 Å². The van der Waals surface area contributed by atoms with Gasteiger partial charge in [0.15, 0.2) is 0 Å². The van der Waals surface area contributed by atoms with E-state index in [2.05, 4.69) is 10.1 Å². The summed E-state index contributed by atoms with van der Waals surface area (Å²) in [5, 5.41) is 3.07. The molecule has 0 spiro atoms. The number of nitrogens with one attached hydrogen (secondary N) is 2. The summed E-state index contributed by atoms with van der Waals surface area (Å²) < 4.78 is 37.3. The Kier molecular flexibility index (Phi) is 8.95. The highest BCUT2D eigenvalue weighted by Gasteiger charge is 2.38. The average Bonchev–Trinajstić information content (AvgIpc) is 3.14. The van der Waals surface area contributed by atoms with E-state index in [1.165, 1.54) is 35.9 Å². The van der Waals surface area contributed by atoms with Crippen molar-refractivity contribution in [2.24, 2.45) is 5.92 Å². The van der Waals surface area contributed by atoms with Crippen LogP contribution in [0.5, 0.6) is 5.75 Å². The summed E-state index contributed by atoms with van der Waals surface area (Å²) in [6.45, 7) is 6.62. The van der Waals surface area contributed by atoms with Gasteiger partial charge in [0.2, 0.25) is 0 Å². The van der Waals surface area contributed by atoms with E-state index in [1.54, 1.807) is 26.0 Å². The molecule has 5 atom stereocenters. The summed E-state index contributed by atoms with van der Waals surface area (Å²) in [7, 11) is -4.08. The van der Waals surface area contributed by atoms with E-state index in [0.29, 0.717) is 11.4 Å². The summed E-state index contributed by atoms with van der Waals surface area (Å²) in [6, 6.07) is 6.40. The van der Waals surface area contributed by atoms with Crippen molar-refractivity contribution in [1.82, 2.24) is 14.6 Å². The Morgan fingerprint density at radius 2 is 1.94 bits per heavy atom. The maximum Gasteiger partial charge on any atom is 0.459 e. The topological polar surface area (TPSA) is 138 Å². The number of carbonyl (C=O) groups is 1. The number of rotatable bonds is 10. The van der Waals surface area contributed by atoms with Crippen molar-refractivity contribution >= 4 is 25.3 Å². The third kappa shape index (κ3) is 7.52. The van der Waals surface area contributed by atoms with Gasteiger partial charge in [0.1, 0.15) is 18.0 Å². The van der Waals surface area contributed by atoms with E-state index < -0.39 is 43.3 Å². The Balaban J connectivity index is 1.72. The molecular formula is C22H29ClN3O8P. The Morgan fingerprint density at radius 3 is 2.57 bits per heavy atom. The van der Waals surface area contributed by atoms with Crippen LogP contribution in [0.1, 0.15) is 40.3 Å². The van der Waals surface area contributed by atoms with Crippen LogP contribution in [-0.4, -0.2) is 40.4 Å². The van der Waals surface area contributed by atoms with Gasteiger partial charge < -0.3 is 14.0 Å². The van der Waals surface area contributed by atoms with Gasteiger partial charge in [-0.25, -0.2) is 9.36 Å². The van der Waals surface area contributed by atoms with Crippen molar-refractivity contribution in [3.63, 3.8) is 0 Å².